The Morgan fingerprint density at radius 2 is 2.18 bits per heavy atom. The first-order chi connectivity index (χ1) is 8.04. The molecule has 17 heavy (non-hydrogen) atoms. The third-order valence-electron chi connectivity index (χ3n) is 2.73. The van der Waals surface area contributed by atoms with Crippen molar-refractivity contribution in [2.45, 2.75) is 33.2 Å². The van der Waals surface area contributed by atoms with E-state index in [0.717, 1.165) is 6.42 Å². The number of rotatable bonds is 5. The molecule has 0 bridgehead atoms. The van der Waals surface area contributed by atoms with Gasteiger partial charge in [-0.2, -0.15) is 0 Å². The van der Waals surface area contributed by atoms with Gasteiger partial charge in [-0.1, -0.05) is 13.0 Å². The number of benzene rings is 1. The van der Waals surface area contributed by atoms with E-state index in [1.807, 2.05) is 13.8 Å². The molecule has 0 aliphatic rings. The number of anilines is 1. The Kier molecular flexibility index (Phi) is 4.94. The summed E-state index contributed by atoms with van der Waals surface area (Å²) in [5, 5.41) is 5.77. The van der Waals surface area contributed by atoms with E-state index in [2.05, 4.69) is 10.6 Å². The molecule has 1 rings (SSSR count). The molecular weight excluding hydrogens is 219 g/mol. The van der Waals surface area contributed by atoms with E-state index in [1.165, 1.54) is 6.07 Å². The van der Waals surface area contributed by atoms with Crippen LogP contribution in [0.3, 0.4) is 0 Å². The average molecular weight is 238 g/mol. The topological polar surface area (TPSA) is 41.1 Å². The Bertz CT molecular complexity index is 393. The van der Waals surface area contributed by atoms with Crippen LogP contribution in [0.4, 0.5) is 10.1 Å². The van der Waals surface area contributed by atoms with Crippen LogP contribution in [-0.2, 0) is 4.79 Å². The van der Waals surface area contributed by atoms with Crippen molar-refractivity contribution in [3.63, 3.8) is 0 Å². The Hall–Kier alpha value is -1.58. The second-order valence-electron chi connectivity index (χ2n) is 4.14. The minimum absolute atomic E-state index is 0.0805. The zero-order chi connectivity index (χ0) is 12.8. The molecular formula is C13H19FN2O. The van der Waals surface area contributed by atoms with E-state index < -0.39 is 0 Å². The number of hydrogen-bond acceptors (Lipinski definition) is 2. The summed E-state index contributed by atoms with van der Waals surface area (Å²) in [6.07, 6.45) is 0.894. The molecule has 1 atom stereocenters. The normalized spacial score (nSPS) is 12.0. The molecule has 3 nitrogen and oxygen atoms in total. The van der Waals surface area contributed by atoms with Crippen molar-refractivity contribution in [3.8, 4) is 0 Å². The van der Waals surface area contributed by atoms with Gasteiger partial charge < -0.3 is 10.6 Å². The molecule has 1 aromatic carbocycles. The minimum atomic E-state index is -0.266. The van der Waals surface area contributed by atoms with E-state index >= 15 is 0 Å². The van der Waals surface area contributed by atoms with Crippen LogP contribution in [0.1, 0.15) is 25.8 Å². The quantitative estimate of drug-likeness (QED) is 0.827. The summed E-state index contributed by atoms with van der Waals surface area (Å²) in [7, 11) is 0. The summed E-state index contributed by atoms with van der Waals surface area (Å²) in [5.41, 5.74) is 1.19. The molecule has 1 unspecified atom stereocenters. The summed E-state index contributed by atoms with van der Waals surface area (Å²) in [6, 6.07) is 4.95. The molecule has 0 saturated carbocycles. The lowest BCUT2D eigenvalue weighted by Gasteiger charge is -2.13. The monoisotopic (exact) mass is 238 g/mol. The predicted molar refractivity (Wildman–Crippen MR) is 67.5 cm³/mol. The van der Waals surface area contributed by atoms with Crippen molar-refractivity contribution in [1.29, 1.82) is 0 Å². The first-order valence-corrected chi connectivity index (χ1v) is 5.83. The Balaban J connectivity index is 2.50. The van der Waals surface area contributed by atoms with Gasteiger partial charge in [0, 0.05) is 17.3 Å². The summed E-state index contributed by atoms with van der Waals surface area (Å²) >= 11 is 0. The van der Waals surface area contributed by atoms with E-state index in [1.54, 1.807) is 19.1 Å². The minimum Gasteiger partial charge on any atom is -0.376 e. The molecule has 0 heterocycles. The fraction of sp³-hybridized carbons (Fsp3) is 0.462. The first-order valence-electron chi connectivity index (χ1n) is 5.83. The SMILES string of the molecule is CCC(C)NC(=O)CNc1cccc(F)c1C. The van der Waals surface area contributed by atoms with Crippen molar-refractivity contribution in [2.24, 2.45) is 0 Å². The molecule has 4 heteroatoms. The zero-order valence-corrected chi connectivity index (χ0v) is 10.5. The van der Waals surface area contributed by atoms with Gasteiger partial charge in [0.1, 0.15) is 5.82 Å². The smallest absolute Gasteiger partial charge is 0.239 e. The molecule has 0 radical (unpaired) electrons. The fourth-order valence-electron chi connectivity index (χ4n) is 1.40. The summed E-state index contributed by atoms with van der Waals surface area (Å²) in [6.45, 7) is 5.80. The van der Waals surface area contributed by atoms with Crippen LogP contribution in [-0.4, -0.2) is 18.5 Å². The van der Waals surface area contributed by atoms with Crippen molar-refractivity contribution < 1.29 is 9.18 Å². The highest BCUT2D eigenvalue weighted by atomic mass is 19.1. The number of halogens is 1. The highest BCUT2D eigenvalue weighted by molar-refractivity contribution is 5.81. The van der Waals surface area contributed by atoms with Crippen LogP contribution in [0.2, 0.25) is 0 Å². The van der Waals surface area contributed by atoms with Gasteiger partial charge in [0.15, 0.2) is 0 Å². The van der Waals surface area contributed by atoms with Crippen LogP contribution in [0.15, 0.2) is 18.2 Å². The molecule has 0 aromatic heterocycles. The highest BCUT2D eigenvalue weighted by Crippen LogP contribution is 2.16. The van der Waals surface area contributed by atoms with Crippen LogP contribution in [0, 0.1) is 12.7 Å². The maximum Gasteiger partial charge on any atom is 0.239 e. The van der Waals surface area contributed by atoms with Crippen molar-refractivity contribution in [1.82, 2.24) is 5.32 Å². The molecule has 1 aromatic rings. The second kappa shape index (κ2) is 6.23. The number of amides is 1. The van der Waals surface area contributed by atoms with Gasteiger partial charge in [-0.05, 0) is 32.4 Å². The van der Waals surface area contributed by atoms with Crippen molar-refractivity contribution in [3.05, 3.63) is 29.6 Å². The van der Waals surface area contributed by atoms with Gasteiger partial charge in [0.25, 0.3) is 0 Å². The molecule has 0 fully saturated rings. The van der Waals surface area contributed by atoms with Crippen molar-refractivity contribution in [2.75, 3.05) is 11.9 Å². The maximum absolute atomic E-state index is 13.2. The summed E-state index contributed by atoms with van der Waals surface area (Å²) in [5.74, 6) is -0.347. The predicted octanol–water partition coefficient (Wildman–Crippen LogP) is 2.46. The van der Waals surface area contributed by atoms with E-state index in [4.69, 9.17) is 0 Å². The molecule has 2 N–H and O–H groups in total. The van der Waals surface area contributed by atoms with Crippen molar-refractivity contribution >= 4 is 11.6 Å². The van der Waals surface area contributed by atoms with Gasteiger partial charge in [-0.25, -0.2) is 4.39 Å². The molecule has 94 valence electrons. The number of carbonyl (C=O) groups excluding carboxylic acids is 1. The van der Waals surface area contributed by atoms with Gasteiger partial charge in [0.05, 0.1) is 6.54 Å². The zero-order valence-electron chi connectivity index (χ0n) is 10.5. The van der Waals surface area contributed by atoms with E-state index in [-0.39, 0.29) is 24.3 Å². The van der Waals surface area contributed by atoms with Crippen LogP contribution in [0.5, 0.6) is 0 Å². The summed E-state index contributed by atoms with van der Waals surface area (Å²) in [4.78, 5) is 11.5. The van der Waals surface area contributed by atoms with E-state index in [9.17, 15) is 9.18 Å². The number of carbonyl (C=O) groups is 1. The lowest BCUT2D eigenvalue weighted by molar-refractivity contribution is -0.120. The Labute approximate surface area is 101 Å². The van der Waals surface area contributed by atoms with E-state index in [0.29, 0.717) is 11.3 Å². The lowest BCUT2D eigenvalue weighted by atomic mass is 10.2. The number of nitrogens with one attached hydrogen (secondary N) is 2. The highest BCUT2D eigenvalue weighted by Gasteiger charge is 2.07. The third-order valence-corrected chi connectivity index (χ3v) is 2.73. The first kappa shape index (κ1) is 13.5. The van der Waals surface area contributed by atoms with Gasteiger partial charge >= 0.3 is 0 Å². The Morgan fingerprint density at radius 1 is 1.47 bits per heavy atom. The summed E-state index contributed by atoms with van der Waals surface area (Å²) < 4.78 is 13.2. The molecule has 1 amide bonds. The second-order valence-corrected chi connectivity index (χ2v) is 4.14. The standard InChI is InChI=1S/C13H19FN2O/c1-4-9(2)16-13(17)8-15-12-7-5-6-11(14)10(12)3/h5-7,9,15H,4,8H2,1-3H3,(H,16,17). The lowest BCUT2D eigenvalue weighted by Crippen LogP contribution is -2.36. The van der Waals surface area contributed by atoms with Gasteiger partial charge in [-0.3, -0.25) is 4.79 Å². The molecule has 0 saturated heterocycles. The Morgan fingerprint density at radius 3 is 2.82 bits per heavy atom. The fourth-order valence-corrected chi connectivity index (χ4v) is 1.40. The molecule has 0 spiro atoms. The third kappa shape index (κ3) is 4.06. The molecule has 0 aliphatic heterocycles. The van der Waals surface area contributed by atoms with Gasteiger partial charge in [0.2, 0.25) is 5.91 Å². The van der Waals surface area contributed by atoms with Crippen LogP contribution >= 0.6 is 0 Å². The largest absolute Gasteiger partial charge is 0.376 e. The maximum atomic E-state index is 13.2. The van der Waals surface area contributed by atoms with Gasteiger partial charge in [-0.15, -0.1) is 0 Å². The molecule has 0 aliphatic carbocycles. The number of hydrogen-bond donors (Lipinski definition) is 2. The average Bonchev–Trinajstić information content (AvgIpc) is 2.31. The van der Waals surface area contributed by atoms with Crippen LogP contribution in [0.25, 0.3) is 0 Å². The van der Waals surface area contributed by atoms with Crippen LogP contribution < -0.4 is 10.6 Å².